The fourth-order valence-corrected chi connectivity index (χ4v) is 2.70. The standard InChI is InChI=1S/C17H24O2/c1-12-5-8-15(9-6-12)19-11-17(18)16-10-13(2)4-7-14(16)3/h4,7,10,12,15H,5-6,8-9,11H2,1-3H3. The average Bonchev–Trinajstić information content (AvgIpc) is 2.40. The van der Waals surface area contributed by atoms with Crippen LogP contribution < -0.4 is 0 Å². The van der Waals surface area contributed by atoms with Crippen molar-refractivity contribution in [3.05, 3.63) is 34.9 Å². The van der Waals surface area contributed by atoms with Gasteiger partial charge in [0.2, 0.25) is 0 Å². The van der Waals surface area contributed by atoms with Crippen molar-refractivity contribution in [3.63, 3.8) is 0 Å². The first-order valence-electron chi connectivity index (χ1n) is 7.28. The minimum absolute atomic E-state index is 0.111. The van der Waals surface area contributed by atoms with Crippen LogP contribution in [0.25, 0.3) is 0 Å². The summed E-state index contributed by atoms with van der Waals surface area (Å²) in [6, 6.07) is 6.00. The van der Waals surface area contributed by atoms with Crippen LogP contribution in [0.3, 0.4) is 0 Å². The minimum atomic E-state index is 0.111. The van der Waals surface area contributed by atoms with Crippen molar-refractivity contribution < 1.29 is 9.53 Å². The largest absolute Gasteiger partial charge is 0.370 e. The first kappa shape index (κ1) is 14.3. The van der Waals surface area contributed by atoms with Crippen molar-refractivity contribution in [2.45, 2.75) is 52.6 Å². The molecule has 1 aromatic carbocycles. The van der Waals surface area contributed by atoms with Gasteiger partial charge >= 0.3 is 0 Å². The maximum Gasteiger partial charge on any atom is 0.188 e. The SMILES string of the molecule is Cc1ccc(C)c(C(=O)COC2CCC(C)CC2)c1. The highest BCUT2D eigenvalue weighted by molar-refractivity contribution is 5.98. The van der Waals surface area contributed by atoms with Crippen molar-refractivity contribution in [1.82, 2.24) is 0 Å². The highest BCUT2D eigenvalue weighted by Crippen LogP contribution is 2.25. The van der Waals surface area contributed by atoms with Crippen molar-refractivity contribution in [1.29, 1.82) is 0 Å². The van der Waals surface area contributed by atoms with E-state index < -0.39 is 0 Å². The first-order valence-corrected chi connectivity index (χ1v) is 7.28. The Morgan fingerprint density at radius 2 is 1.89 bits per heavy atom. The van der Waals surface area contributed by atoms with Crippen LogP contribution in [0.2, 0.25) is 0 Å². The topological polar surface area (TPSA) is 26.3 Å². The number of carbonyl (C=O) groups is 1. The molecule has 0 amide bonds. The molecule has 104 valence electrons. The highest BCUT2D eigenvalue weighted by Gasteiger charge is 2.20. The Labute approximate surface area is 116 Å². The second kappa shape index (κ2) is 6.33. The van der Waals surface area contributed by atoms with Gasteiger partial charge in [-0.15, -0.1) is 0 Å². The lowest BCUT2D eigenvalue weighted by molar-refractivity contribution is 0.0217. The molecule has 0 aliphatic heterocycles. The predicted octanol–water partition coefficient (Wildman–Crippen LogP) is 4.08. The summed E-state index contributed by atoms with van der Waals surface area (Å²) in [6.07, 6.45) is 4.93. The summed E-state index contributed by atoms with van der Waals surface area (Å²) >= 11 is 0. The molecule has 1 fully saturated rings. The highest BCUT2D eigenvalue weighted by atomic mass is 16.5. The summed E-state index contributed by atoms with van der Waals surface area (Å²) in [5.41, 5.74) is 2.97. The summed E-state index contributed by atoms with van der Waals surface area (Å²) in [5.74, 6) is 0.925. The molecule has 0 atom stereocenters. The lowest BCUT2D eigenvalue weighted by Gasteiger charge is -2.26. The molecule has 0 saturated heterocycles. The Hall–Kier alpha value is -1.15. The fourth-order valence-electron chi connectivity index (χ4n) is 2.70. The van der Waals surface area contributed by atoms with E-state index in [9.17, 15) is 4.79 Å². The van der Waals surface area contributed by atoms with Crippen LogP contribution in [0.5, 0.6) is 0 Å². The zero-order valence-corrected chi connectivity index (χ0v) is 12.2. The molecule has 1 aromatic rings. The Morgan fingerprint density at radius 1 is 1.21 bits per heavy atom. The van der Waals surface area contributed by atoms with E-state index in [1.54, 1.807) is 0 Å². The normalized spacial score (nSPS) is 23.3. The van der Waals surface area contributed by atoms with Crippen LogP contribution in [-0.4, -0.2) is 18.5 Å². The number of hydrogen-bond acceptors (Lipinski definition) is 2. The van der Waals surface area contributed by atoms with Crippen LogP contribution in [-0.2, 0) is 4.74 Å². The van der Waals surface area contributed by atoms with Gasteiger partial charge in [0.15, 0.2) is 5.78 Å². The number of benzene rings is 1. The van der Waals surface area contributed by atoms with Gasteiger partial charge in [-0.2, -0.15) is 0 Å². The van der Waals surface area contributed by atoms with Crippen LogP contribution in [0.1, 0.15) is 54.1 Å². The van der Waals surface area contributed by atoms with E-state index in [2.05, 4.69) is 6.92 Å². The van der Waals surface area contributed by atoms with E-state index in [4.69, 9.17) is 4.74 Å². The molecule has 2 nitrogen and oxygen atoms in total. The van der Waals surface area contributed by atoms with Crippen molar-refractivity contribution in [2.75, 3.05) is 6.61 Å². The fraction of sp³-hybridized carbons (Fsp3) is 0.588. The molecule has 19 heavy (non-hydrogen) atoms. The lowest BCUT2D eigenvalue weighted by Crippen LogP contribution is -2.23. The molecule has 0 radical (unpaired) electrons. The summed E-state index contributed by atoms with van der Waals surface area (Å²) in [5, 5.41) is 0. The number of ether oxygens (including phenoxy) is 1. The number of hydrogen-bond donors (Lipinski definition) is 0. The third kappa shape index (κ3) is 3.90. The quantitative estimate of drug-likeness (QED) is 0.762. The maximum absolute atomic E-state index is 12.2. The summed E-state index contributed by atoms with van der Waals surface area (Å²) in [6.45, 7) is 6.51. The summed E-state index contributed by atoms with van der Waals surface area (Å²) in [7, 11) is 0. The lowest BCUT2D eigenvalue weighted by atomic mass is 9.89. The molecule has 0 heterocycles. The smallest absolute Gasteiger partial charge is 0.188 e. The number of ketones is 1. The van der Waals surface area contributed by atoms with E-state index in [1.165, 1.54) is 12.8 Å². The number of rotatable bonds is 4. The molecular formula is C17H24O2. The number of Topliss-reactive ketones (excluding diaryl/α,β-unsaturated/α-hetero) is 1. The Balaban J connectivity index is 1.89. The molecule has 1 saturated carbocycles. The van der Waals surface area contributed by atoms with Crippen LogP contribution >= 0.6 is 0 Å². The maximum atomic E-state index is 12.2. The third-order valence-electron chi connectivity index (χ3n) is 4.11. The van der Waals surface area contributed by atoms with Gasteiger partial charge in [-0.3, -0.25) is 4.79 Å². The van der Waals surface area contributed by atoms with Crippen LogP contribution in [0.4, 0.5) is 0 Å². The van der Waals surface area contributed by atoms with Crippen LogP contribution in [0, 0.1) is 19.8 Å². The number of aryl methyl sites for hydroxylation is 2. The van der Waals surface area contributed by atoms with Gasteiger partial charge in [0, 0.05) is 5.56 Å². The van der Waals surface area contributed by atoms with Gasteiger partial charge in [-0.1, -0.05) is 24.6 Å². The average molecular weight is 260 g/mol. The van der Waals surface area contributed by atoms with Crippen LogP contribution in [0.15, 0.2) is 18.2 Å². The second-order valence-electron chi connectivity index (χ2n) is 5.93. The monoisotopic (exact) mass is 260 g/mol. The zero-order chi connectivity index (χ0) is 13.8. The molecule has 0 bridgehead atoms. The van der Waals surface area contributed by atoms with Gasteiger partial charge < -0.3 is 4.74 Å². The van der Waals surface area contributed by atoms with Crippen molar-refractivity contribution in [3.8, 4) is 0 Å². The summed E-state index contributed by atoms with van der Waals surface area (Å²) < 4.78 is 5.79. The van der Waals surface area contributed by atoms with Gasteiger partial charge in [0.05, 0.1) is 6.10 Å². The molecule has 0 aromatic heterocycles. The Morgan fingerprint density at radius 3 is 2.58 bits per heavy atom. The van der Waals surface area contributed by atoms with E-state index in [0.29, 0.717) is 0 Å². The minimum Gasteiger partial charge on any atom is -0.370 e. The van der Waals surface area contributed by atoms with E-state index >= 15 is 0 Å². The molecule has 0 N–H and O–H groups in total. The Bertz CT molecular complexity index is 443. The van der Waals surface area contributed by atoms with E-state index in [-0.39, 0.29) is 18.5 Å². The van der Waals surface area contributed by atoms with E-state index in [1.807, 2.05) is 32.0 Å². The molecule has 2 heteroatoms. The Kier molecular flexibility index (Phi) is 4.76. The third-order valence-corrected chi connectivity index (χ3v) is 4.11. The molecule has 0 unspecified atom stereocenters. The first-order chi connectivity index (χ1) is 9.06. The van der Waals surface area contributed by atoms with Gasteiger partial charge in [-0.05, 0) is 57.1 Å². The van der Waals surface area contributed by atoms with Gasteiger partial charge in [0.25, 0.3) is 0 Å². The zero-order valence-electron chi connectivity index (χ0n) is 12.2. The van der Waals surface area contributed by atoms with E-state index in [0.717, 1.165) is 35.4 Å². The summed E-state index contributed by atoms with van der Waals surface area (Å²) in [4.78, 5) is 12.2. The van der Waals surface area contributed by atoms with Gasteiger partial charge in [-0.25, -0.2) is 0 Å². The molecule has 1 aliphatic rings. The molecular weight excluding hydrogens is 236 g/mol. The number of carbonyl (C=O) groups excluding carboxylic acids is 1. The predicted molar refractivity (Wildman–Crippen MR) is 77.6 cm³/mol. The molecule has 1 aliphatic carbocycles. The van der Waals surface area contributed by atoms with Crippen molar-refractivity contribution >= 4 is 5.78 Å². The molecule has 2 rings (SSSR count). The second-order valence-corrected chi connectivity index (χ2v) is 5.93. The van der Waals surface area contributed by atoms with Crippen molar-refractivity contribution in [2.24, 2.45) is 5.92 Å². The molecule has 0 spiro atoms. The van der Waals surface area contributed by atoms with Gasteiger partial charge in [0.1, 0.15) is 6.61 Å².